The highest BCUT2D eigenvalue weighted by Crippen LogP contribution is 2.65. The molecule has 0 aromatic rings. The Morgan fingerprint density at radius 3 is 2.43 bits per heavy atom. The number of nitrogens with zero attached hydrogens (tertiary/aromatic N) is 1. The molecule has 4 N–H and O–H groups in total. The fourth-order valence-corrected chi connectivity index (χ4v) is 6.53. The lowest BCUT2D eigenvalue weighted by molar-refractivity contribution is -0.146. The van der Waals surface area contributed by atoms with Gasteiger partial charge >= 0.3 is 12.1 Å². The van der Waals surface area contributed by atoms with Crippen molar-refractivity contribution >= 4 is 29.8 Å². The Kier molecular flexibility index (Phi) is 7.20. The maximum atomic E-state index is 13.8. The Hall–Kier alpha value is -2.85. The number of carbonyl (C=O) groups excluding carboxylic acids is 4. The molecular formula is C26H40N4O7. The van der Waals surface area contributed by atoms with Gasteiger partial charge in [0.05, 0.1) is 0 Å². The summed E-state index contributed by atoms with van der Waals surface area (Å²) in [6.45, 7) is 10.1. The quantitative estimate of drug-likeness (QED) is 0.427. The summed E-state index contributed by atoms with van der Waals surface area (Å²) < 4.78 is 5.39. The summed E-state index contributed by atoms with van der Waals surface area (Å²) in [5.41, 5.74) is -0.896. The molecule has 3 aliphatic heterocycles. The zero-order valence-electron chi connectivity index (χ0n) is 22.3. The highest BCUT2D eigenvalue weighted by atomic mass is 16.6. The molecule has 37 heavy (non-hydrogen) atoms. The van der Waals surface area contributed by atoms with Crippen LogP contribution in [0.15, 0.2) is 0 Å². The third-order valence-electron chi connectivity index (χ3n) is 8.62. The predicted molar refractivity (Wildman–Crippen MR) is 132 cm³/mol. The summed E-state index contributed by atoms with van der Waals surface area (Å²) in [6.07, 6.45) is 1.68. The first kappa shape index (κ1) is 27.2. The van der Waals surface area contributed by atoms with Gasteiger partial charge in [-0.25, -0.2) is 9.59 Å². The predicted octanol–water partition coefficient (Wildman–Crippen LogP) is 1.26. The van der Waals surface area contributed by atoms with Crippen molar-refractivity contribution < 1.29 is 33.8 Å². The van der Waals surface area contributed by atoms with Crippen molar-refractivity contribution in [3.63, 3.8) is 0 Å². The van der Waals surface area contributed by atoms with Crippen LogP contribution < -0.4 is 16.0 Å². The molecule has 3 saturated heterocycles. The number of hydrogen-bond acceptors (Lipinski definition) is 6. The standard InChI is InChI=1S/C26H40N4O7/c1-25(2,3)37-24(36)29-16-9-7-6-8-13-11-27-20(31)14(13)10-17(23(34)35)28-21(32)19-18-15(26(18,4)5)12-30(19)22(16)33/h13-19H,6-12H2,1-5H3,(H,27,31)(H,28,32)(H,29,36)(H,34,35)/t13?,14-,15?,16?,17-,18?,19?/m0/s1. The number of aliphatic carboxylic acids is 1. The van der Waals surface area contributed by atoms with Gasteiger partial charge in [0.2, 0.25) is 17.7 Å². The molecule has 1 saturated carbocycles. The average Bonchev–Trinajstić information content (AvgIpc) is 3.10. The van der Waals surface area contributed by atoms with Gasteiger partial charge in [0, 0.05) is 19.0 Å². The van der Waals surface area contributed by atoms with E-state index >= 15 is 0 Å². The number of piperidine rings is 1. The van der Waals surface area contributed by atoms with Crippen LogP contribution in [0.3, 0.4) is 0 Å². The van der Waals surface area contributed by atoms with Gasteiger partial charge in [-0.1, -0.05) is 26.7 Å². The molecule has 0 spiro atoms. The summed E-state index contributed by atoms with van der Waals surface area (Å²) in [7, 11) is 0. The number of carboxylic acids is 1. The van der Waals surface area contributed by atoms with Gasteiger partial charge in [-0.05, 0) is 63.2 Å². The minimum absolute atomic E-state index is 0.0125. The van der Waals surface area contributed by atoms with Crippen molar-refractivity contribution in [2.45, 2.75) is 90.4 Å². The highest BCUT2D eigenvalue weighted by Gasteiger charge is 2.69. The van der Waals surface area contributed by atoms with Crippen LogP contribution >= 0.6 is 0 Å². The van der Waals surface area contributed by atoms with E-state index in [9.17, 15) is 29.1 Å². The third-order valence-corrected chi connectivity index (χ3v) is 8.62. The molecule has 7 atom stereocenters. The number of hydrogen-bond donors (Lipinski definition) is 4. The van der Waals surface area contributed by atoms with E-state index in [2.05, 4.69) is 16.0 Å². The molecule has 4 amide bonds. The van der Waals surface area contributed by atoms with Gasteiger partial charge in [-0.15, -0.1) is 0 Å². The van der Waals surface area contributed by atoms with Gasteiger partial charge in [-0.2, -0.15) is 0 Å². The van der Waals surface area contributed by atoms with Crippen LogP contribution in [-0.2, 0) is 23.9 Å². The lowest BCUT2D eigenvalue weighted by atomic mass is 9.85. The Bertz CT molecular complexity index is 974. The number of alkyl carbamates (subject to hydrolysis) is 1. The number of carboxylic acid groups (broad SMARTS) is 1. The lowest BCUT2D eigenvalue weighted by Gasteiger charge is -2.34. The van der Waals surface area contributed by atoms with Crippen LogP contribution in [0.1, 0.15) is 66.7 Å². The molecule has 11 nitrogen and oxygen atoms in total. The van der Waals surface area contributed by atoms with Crippen molar-refractivity contribution in [1.82, 2.24) is 20.9 Å². The van der Waals surface area contributed by atoms with Crippen molar-refractivity contribution in [1.29, 1.82) is 0 Å². The van der Waals surface area contributed by atoms with E-state index in [-0.39, 0.29) is 41.4 Å². The van der Waals surface area contributed by atoms with E-state index in [0.717, 1.165) is 0 Å². The molecule has 5 unspecified atom stereocenters. The Morgan fingerprint density at radius 2 is 1.78 bits per heavy atom. The second-order valence-corrected chi connectivity index (χ2v) is 12.6. The van der Waals surface area contributed by atoms with Crippen LogP contribution in [0.2, 0.25) is 0 Å². The largest absolute Gasteiger partial charge is 0.480 e. The normalized spacial score (nSPS) is 35.8. The number of fused-ring (bicyclic) bond motifs is 4. The van der Waals surface area contributed by atoms with E-state index in [1.807, 2.05) is 13.8 Å². The molecule has 4 aliphatic rings. The highest BCUT2D eigenvalue weighted by molar-refractivity contribution is 5.94. The molecule has 1 aliphatic carbocycles. The molecule has 0 radical (unpaired) electrons. The van der Waals surface area contributed by atoms with Gasteiger partial charge in [-0.3, -0.25) is 14.4 Å². The van der Waals surface area contributed by atoms with Crippen molar-refractivity contribution in [3.8, 4) is 0 Å². The Labute approximate surface area is 217 Å². The maximum Gasteiger partial charge on any atom is 0.408 e. The van der Waals surface area contributed by atoms with Gasteiger partial charge in [0.1, 0.15) is 23.7 Å². The molecule has 3 heterocycles. The van der Waals surface area contributed by atoms with Crippen molar-refractivity contribution in [2.24, 2.45) is 29.1 Å². The Morgan fingerprint density at radius 1 is 1.11 bits per heavy atom. The number of ether oxygens (including phenoxy) is 1. The maximum absolute atomic E-state index is 13.8. The first-order valence-electron chi connectivity index (χ1n) is 13.3. The fourth-order valence-electron chi connectivity index (χ4n) is 6.53. The topological polar surface area (TPSA) is 154 Å². The summed E-state index contributed by atoms with van der Waals surface area (Å²) in [5, 5.41) is 18.1. The molecule has 0 aromatic carbocycles. The minimum Gasteiger partial charge on any atom is -0.480 e. The lowest BCUT2D eigenvalue weighted by Crippen LogP contribution is -2.58. The Balaban J connectivity index is 1.62. The number of carbonyl (C=O) groups is 5. The van der Waals surface area contributed by atoms with Crippen LogP contribution in [0.5, 0.6) is 0 Å². The van der Waals surface area contributed by atoms with E-state index < -0.39 is 47.6 Å². The van der Waals surface area contributed by atoms with Crippen LogP contribution in [0.4, 0.5) is 4.79 Å². The number of nitrogens with one attached hydrogen (secondary N) is 3. The van der Waals surface area contributed by atoms with Crippen LogP contribution in [0, 0.1) is 29.1 Å². The smallest absolute Gasteiger partial charge is 0.408 e. The van der Waals surface area contributed by atoms with Crippen LogP contribution in [0.25, 0.3) is 0 Å². The van der Waals surface area contributed by atoms with Crippen molar-refractivity contribution in [2.75, 3.05) is 13.1 Å². The van der Waals surface area contributed by atoms with Gasteiger partial charge < -0.3 is 30.7 Å². The average molecular weight is 521 g/mol. The molecule has 4 fully saturated rings. The van der Waals surface area contributed by atoms with Gasteiger partial charge in [0.25, 0.3) is 0 Å². The summed E-state index contributed by atoms with van der Waals surface area (Å²) >= 11 is 0. The molecule has 206 valence electrons. The minimum atomic E-state index is -1.24. The molecular weight excluding hydrogens is 480 g/mol. The second-order valence-electron chi connectivity index (χ2n) is 12.6. The van der Waals surface area contributed by atoms with Crippen molar-refractivity contribution in [3.05, 3.63) is 0 Å². The number of rotatable bonds is 2. The van der Waals surface area contributed by atoms with Crippen LogP contribution in [-0.4, -0.2) is 76.6 Å². The molecule has 4 rings (SSSR count). The molecule has 0 aromatic heterocycles. The third kappa shape index (κ3) is 5.55. The zero-order valence-corrected chi connectivity index (χ0v) is 22.3. The van der Waals surface area contributed by atoms with E-state index in [4.69, 9.17) is 4.74 Å². The fraction of sp³-hybridized carbons (Fsp3) is 0.808. The summed E-state index contributed by atoms with van der Waals surface area (Å²) in [4.78, 5) is 66.1. The monoisotopic (exact) mass is 520 g/mol. The zero-order chi connectivity index (χ0) is 27.3. The number of amides is 4. The first-order chi connectivity index (χ1) is 17.2. The second kappa shape index (κ2) is 9.79. The van der Waals surface area contributed by atoms with E-state index in [1.54, 1.807) is 20.8 Å². The van der Waals surface area contributed by atoms with E-state index in [1.165, 1.54) is 4.90 Å². The molecule has 11 heteroatoms. The summed E-state index contributed by atoms with van der Waals surface area (Å²) in [5.74, 6) is -2.84. The van der Waals surface area contributed by atoms with E-state index in [0.29, 0.717) is 38.8 Å². The van der Waals surface area contributed by atoms with Gasteiger partial charge in [0.15, 0.2) is 0 Å². The first-order valence-corrected chi connectivity index (χ1v) is 13.3. The molecule has 0 bridgehead atoms. The summed E-state index contributed by atoms with van der Waals surface area (Å²) in [6, 6.07) is -2.95. The SMILES string of the molecule is CC(C)(C)OC(=O)NC1CCCCC2CNC(=O)[C@H]2C[C@@H](C(=O)O)NC(=O)C2C3C(CN2C1=O)C3(C)C.